The Hall–Kier alpha value is -3.36. The van der Waals surface area contributed by atoms with Gasteiger partial charge in [0.05, 0.1) is 5.56 Å². The Morgan fingerprint density at radius 3 is 2.31 bits per heavy atom. The van der Waals surface area contributed by atoms with Gasteiger partial charge in [-0.2, -0.15) is 5.26 Å². The molecule has 0 bridgehead atoms. The highest BCUT2D eigenvalue weighted by Crippen LogP contribution is 2.33. The fourth-order valence-corrected chi connectivity index (χ4v) is 5.45. The van der Waals surface area contributed by atoms with Gasteiger partial charge in [0.1, 0.15) is 17.7 Å². The number of aromatic nitrogens is 1. The van der Waals surface area contributed by atoms with Gasteiger partial charge >= 0.3 is 0 Å². The fraction of sp³-hybridized carbons (Fsp3) is 0.400. The van der Waals surface area contributed by atoms with Gasteiger partial charge in [-0.1, -0.05) is 79.9 Å². The van der Waals surface area contributed by atoms with E-state index in [1.165, 1.54) is 41.5 Å². The third-order valence-electron chi connectivity index (χ3n) is 7.33. The molecule has 0 radical (unpaired) electrons. The van der Waals surface area contributed by atoms with Crippen LogP contribution in [0.3, 0.4) is 0 Å². The molecule has 3 aromatic rings. The van der Waals surface area contributed by atoms with Crippen LogP contribution in [0.2, 0.25) is 0 Å². The second kappa shape index (κ2) is 11.4. The fourth-order valence-electron chi connectivity index (χ4n) is 5.45. The number of hydrogen-bond acceptors (Lipinski definition) is 5. The highest BCUT2D eigenvalue weighted by Gasteiger charge is 2.27. The van der Waals surface area contributed by atoms with E-state index in [0.29, 0.717) is 6.04 Å². The van der Waals surface area contributed by atoms with Crippen LogP contribution in [0.5, 0.6) is 0 Å². The molecule has 5 heteroatoms. The summed E-state index contributed by atoms with van der Waals surface area (Å²) in [6.45, 7) is 3.49. The standard InChI is InChI=1S/C30H35N5/c31-20-27-26-17-19-35(21-24-12-6-2-7-13-24)22-28(26)29(32-18-16-23-10-4-1-5-11-23)34-30(27)33-25-14-8-3-9-15-25/h1-2,4-7,10-13,25H,3,8-9,14-19,21-22H2,(H2,32,33,34). The van der Waals surface area contributed by atoms with E-state index in [1.807, 2.05) is 0 Å². The first-order valence-electron chi connectivity index (χ1n) is 13.1. The van der Waals surface area contributed by atoms with E-state index in [9.17, 15) is 5.26 Å². The molecule has 1 aliphatic heterocycles. The zero-order chi connectivity index (χ0) is 23.9. The molecule has 5 rings (SSSR count). The normalized spacial score (nSPS) is 16.3. The van der Waals surface area contributed by atoms with E-state index < -0.39 is 0 Å². The zero-order valence-corrected chi connectivity index (χ0v) is 20.5. The van der Waals surface area contributed by atoms with Crippen molar-refractivity contribution in [3.05, 3.63) is 88.5 Å². The Kier molecular flexibility index (Phi) is 7.60. The van der Waals surface area contributed by atoms with Crippen molar-refractivity contribution in [1.82, 2.24) is 9.88 Å². The lowest BCUT2D eigenvalue weighted by atomic mass is 9.93. The summed E-state index contributed by atoms with van der Waals surface area (Å²) in [4.78, 5) is 7.52. The van der Waals surface area contributed by atoms with E-state index >= 15 is 0 Å². The highest BCUT2D eigenvalue weighted by atomic mass is 15.1. The average Bonchev–Trinajstić information content (AvgIpc) is 2.91. The summed E-state index contributed by atoms with van der Waals surface area (Å²) in [6.07, 6.45) is 7.94. The molecule has 2 N–H and O–H groups in total. The third kappa shape index (κ3) is 5.83. The first-order valence-corrected chi connectivity index (χ1v) is 13.1. The lowest BCUT2D eigenvalue weighted by Gasteiger charge is -2.32. The topological polar surface area (TPSA) is 64.0 Å². The van der Waals surface area contributed by atoms with Gasteiger partial charge < -0.3 is 10.6 Å². The van der Waals surface area contributed by atoms with E-state index in [2.05, 4.69) is 82.3 Å². The lowest BCUT2D eigenvalue weighted by Crippen LogP contribution is -2.32. The molecule has 1 saturated carbocycles. The lowest BCUT2D eigenvalue weighted by molar-refractivity contribution is 0.245. The third-order valence-corrected chi connectivity index (χ3v) is 7.33. The quantitative estimate of drug-likeness (QED) is 0.433. The van der Waals surface area contributed by atoms with Crippen molar-refractivity contribution < 1.29 is 0 Å². The monoisotopic (exact) mass is 465 g/mol. The summed E-state index contributed by atoms with van der Waals surface area (Å²) in [5.74, 6) is 1.71. The Morgan fingerprint density at radius 1 is 0.886 bits per heavy atom. The van der Waals surface area contributed by atoms with Crippen LogP contribution in [0, 0.1) is 11.3 Å². The van der Waals surface area contributed by atoms with Gasteiger partial charge in [0, 0.05) is 37.8 Å². The second-order valence-electron chi connectivity index (χ2n) is 9.84. The van der Waals surface area contributed by atoms with Crippen LogP contribution in [-0.4, -0.2) is 29.0 Å². The molecular weight excluding hydrogens is 430 g/mol. The van der Waals surface area contributed by atoms with Gasteiger partial charge in [0.2, 0.25) is 0 Å². The number of nitrogens with zero attached hydrogens (tertiary/aromatic N) is 3. The Morgan fingerprint density at radius 2 is 1.60 bits per heavy atom. The average molecular weight is 466 g/mol. The molecule has 1 fully saturated rings. The number of hydrogen-bond donors (Lipinski definition) is 2. The first-order chi connectivity index (χ1) is 17.3. The van der Waals surface area contributed by atoms with Crippen LogP contribution in [0.4, 0.5) is 11.6 Å². The van der Waals surface area contributed by atoms with E-state index in [0.717, 1.165) is 69.1 Å². The largest absolute Gasteiger partial charge is 0.369 e. The number of benzene rings is 2. The summed E-state index contributed by atoms with van der Waals surface area (Å²) in [5.41, 5.74) is 5.74. The molecule has 1 aliphatic carbocycles. The summed E-state index contributed by atoms with van der Waals surface area (Å²) in [6, 6.07) is 24.1. The maximum Gasteiger partial charge on any atom is 0.146 e. The van der Waals surface area contributed by atoms with Crippen LogP contribution in [0.1, 0.15) is 59.9 Å². The van der Waals surface area contributed by atoms with Crippen molar-refractivity contribution in [3.8, 4) is 6.07 Å². The Labute approximate surface area is 209 Å². The molecule has 0 unspecified atom stereocenters. The molecule has 1 aromatic heterocycles. The number of rotatable bonds is 8. The molecule has 0 atom stereocenters. The van der Waals surface area contributed by atoms with Crippen molar-refractivity contribution in [2.24, 2.45) is 0 Å². The molecule has 2 aliphatic rings. The molecule has 0 saturated heterocycles. The maximum absolute atomic E-state index is 10.2. The summed E-state index contributed by atoms with van der Waals surface area (Å²) < 4.78 is 0. The van der Waals surface area contributed by atoms with Gasteiger partial charge in [0.25, 0.3) is 0 Å². The molecule has 0 amide bonds. The Bertz CT molecular complexity index is 1150. The number of nitrogens with one attached hydrogen (secondary N) is 2. The number of fused-ring (bicyclic) bond motifs is 1. The first kappa shape index (κ1) is 23.4. The van der Waals surface area contributed by atoms with Gasteiger partial charge in [0.15, 0.2) is 0 Å². The summed E-state index contributed by atoms with van der Waals surface area (Å²) in [7, 11) is 0. The van der Waals surface area contributed by atoms with Crippen LogP contribution >= 0.6 is 0 Å². The summed E-state index contributed by atoms with van der Waals surface area (Å²) >= 11 is 0. The number of pyridine rings is 1. The van der Waals surface area contributed by atoms with E-state index in [-0.39, 0.29) is 0 Å². The van der Waals surface area contributed by atoms with Crippen LogP contribution in [0.15, 0.2) is 60.7 Å². The van der Waals surface area contributed by atoms with E-state index in [1.54, 1.807) is 0 Å². The highest BCUT2D eigenvalue weighted by molar-refractivity contribution is 5.66. The molecule has 2 heterocycles. The molecule has 35 heavy (non-hydrogen) atoms. The number of nitriles is 1. The molecule has 2 aromatic carbocycles. The molecule has 180 valence electrons. The van der Waals surface area contributed by atoms with Gasteiger partial charge in [-0.3, -0.25) is 4.90 Å². The molecular formula is C30H35N5. The molecule has 0 spiro atoms. The van der Waals surface area contributed by atoms with Crippen molar-refractivity contribution in [2.75, 3.05) is 23.7 Å². The van der Waals surface area contributed by atoms with Crippen LogP contribution in [0.25, 0.3) is 0 Å². The van der Waals surface area contributed by atoms with Gasteiger partial charge in [-0.25, -0.2) is 4.98 Å². The van der Waals surface area contributed by atoms with Crippen molar-refractivity contribution >= 4 is 11.6 Å². The van der Waals surface area contributed by atoms with Crippen LogP contribution in [-0.2, 0) is 25.9 Å². The van der Waals surface area contributed by atoms with Crippen molar-refractivity contribution in [1.29, 1.82) is 5.26 Å². The predicted octanol–water partition coefficient (Wildman–Crippen LogP) is 5.91. The van der Waals surface area contributed by atoms with Gasteiger partial charge in [-0.15, -0.1) is 0 Å². The minimum atomic E-state index is 0.414. The Balaban J connectivity index is 1.41. The van der Waals surface area contributed by atoms with Crippen molar-refractivity contribution in [3.63, 3.8) is 0 Å². The maximum atomic E-state index is 10.2. The van der Waals surface area contributed by atoms with Gasteiger partial charge in [-0.05, 0) is 42.4 Å². The predicted molar refractivity (Wildman–Crippen MR) is 142 cm³/mol. The number of anilines is 2. The summed E-state index contributed by atoms with van der Waals surface area (Å²) in [5, 5.41) is 17.5. The minimum absolute atomic E-state index is 0.414. The smallest absolute Gasteiger partial charge is 0.146 e. The van der Waals surface area contributed by atoms with Crippen LogP contribution < -0.4 is 10.6 Å². The van der Waals surface area contributed by atoms with E-state index in [4.69, 9.17) is 4.98 Å². The van der Waals surface area contributed by atoms with Crippen molar-refractivity contribution in [2.45, 2.75) is 64.1 Å². The minimum Gasteiger partial charge on any atom is -0.369 e. The zero-order valence-electron chi connectivity index (χ0n) is 20.5. The SMILES string of the molecule is N#Cc1c(NC2CCCCC2)nc(NCCc2ccccc2)c2c1CCN(Cc1ccccc1)C2. The second-order valence-corrected chi connectivity index (χ2v) is 9.84. The molecule has 5 nitrogen and oxygen atoms in total.